The first-order valence-electron chi connectivity index (χ1n) is 7.89. The topological polar surface area (TPSA) is 53.9 Å². The second kappa shape index (κ2) is 6.04. The second-order valence-corrected chi connectivity index (χ2v) is 6.71. The van der Waals surface area contributed by atoms with Crippen LogP contribution in [0.25, 0.3) is 11.0 Å². The molecule has 3 aliphatic rings. The van der Waals surface area contributed by atoms with Crippen LogP contribution < -0.4 is 10.2 Å². The maximum Gasteiger partial charge on any atom is 0.158 e. The highest BCUT2D eigenvalue weighted by Gasteiger charge is 2.51. The van der Waals surface area contributed by atoms with Gasteiger partial charge >= 0.3 is 0 Å². The minimum atomic E-state index is 0. The molecule has 5 nitrogen and oxygen atoms in total. The van der Waals surface area contributed by atoms with Gasteiger partial charge in [-0.15, -0.1) is 24.8 Å². The molecule has 4 atom stereocenters. The monoisotopic (exact) mass is 353 g/mol. The number of fused-ring (bicyclic) bond motifs is 6. The van der Waals surface area contributed by atoms with Crippen LogP contribution in [0, 0.1) is 18.8 Å². The van der Waals surface area contributed by atoms with Crippen molar-refractivity contribution in [2.75, 3.05) is 18.0 Å². The van der Waals surface area contributed by atoms with E-state index in [9.17, 15) is 0 Å². The lowest BCUT2D eigenvalue weighted by atomic mass is 9.82. The van der Waals surface area contributed by atoms with Gasteiger partial charge in [-0.05, 0) is 43.7 Å². The number of nitrogens with one attached hydrogen (secondary N) is 1. The lowest BCUT2D eigenvalue weighted by Crippen LogP contribution is -2.31. The zero-order chi connectivity index (χ0) is 14.0. The van der Waals surface area contributed by atoms with Crippen LogP contribution in [0.15, 0.2) is 18.5 Å². The van der Waals surface area contributed by atoms with E-state index >= 15 is 0 Å². The molecule has 3 aliphatic heterocycles. The van der Waals surface area contributed by atoms with Gasteiger partial charge in [0.1, 0.15) is 11.8 Å². The molecule has 5 rings (SSSR count). The fourth-order valence-electron chi connectivity index (χ4n) is 4.61. The molecule has 2 bridgehead atoms. The molecule has 0 aromatic carbocycles. The smallest absolute Gasteiger partial charge is 0.158 e. The molecule has 0 spiro atoms. The molecule has 1 N–H and O–H groups in total. The van der Waals surface area contributed by atoms with Gasteiger partial charge in [0, 0.05) is 30.9 Å². The third-order valence-corrected chi connectivity index (χ3v) is 5.56. The van der Waals surface area contributed by atoms with Crippen molar-refractivity contribution in [2.45, 2.75) is 31.8 Å². The highest BCUT2D eigenvalue weighted by Crippen LogP contribution is 2.44. The van der Waals surface area contributed by atoms with Gasteiger partial charge in [-0.2, -0.15) is 0 Å². The second-order valence-electron chi connectivity index (χ2n) is 6.71. The molecule has 2 aromatic heterocycles. The summed E-state index contributed by atoms with van der Waals surface area (Å²) in [5.41, 5.74) is 2.93. The summed E-state index contributed by atoms with van der Waals surface area (Å²) < 4.78 is 0. The van der Waals surface area contributed by atoms with E-state index in [1.54, 1.807) is 6.33 Å². The zero-order valence-corrected chi connectivity index (χ0v) is 14.6. The summed E-state index contributed by atoms with van der Waals surface area (Å²) in [6.45, 7) is 4.25. The Morgan fingerprint density at radius 2 is 1.74 bits per heavy atom. The van der Waals surface area contributed by atoms with Crippen LogP contribution in [-0.2, 0) is 0 Å². The normalized spacial score (nSPS) is 30.9. The van der Waals surface area contributed by atoms with Crippen molar-refractivity contribution in [1.82, 2.24) is 20.3 Å². The van der Waals surface area contributed by atoms with E-state index in [1.807, 2.05) is 19.1 Å². The maximum atomic E-state index is 4.69. The van der Waals surface area contributed by atoms with Crippen LogP contribution in [-0.4, -0.2) is 40.1 Å². The quantitative estimate of drug-likeness (QED) is 0.852. The number of hydrogen-bond donors (Lipinski definition) is 1. The van der Waals surface area contributed by atoms with Gasteiger partial charge in [0.25, 0.3) is 0 Å². The van der Waals surface area contributed by atoms with Crippen molar-refractivity contribution in [3.05, 3.63) is 24.2 Å². The Kier molecular flexibility index (Phi) is 4.38. The molecule has 0 unspecified atom stereocenters. The molecule has 0 saturated carbocycles. The Labute approximate surface area is 148 Å². The van der Waals surface area contributed by atoms with Crippen molar-refractivity contribution in [3.8, 4) is 0 Å². The molecular formula is C16H21Cl2N5. The van der Waals surface area contributed by atoms with Gasteiger partial charge < -0.3 is 10.2 Å². The van der Waals surface area contributed by atoms with Gasteiger partial charge in [-0.1, -0.05) is 0 Å². The summed E-state index contributed by atoms with van der Waals surface area (Å²) in [6, 6.07) is 5.52. The van der Waals surface area contributed by atoms with Crippen molar-refractivity contribution < 1.29 is 0 Å². The number of hydrogen-bond acceptors (Lipinski definition) is 5. The summed E-state index contributed by atoms with van der Waals surface area (Å²) in [4.78, 5) is 16.0. The van der Waals surface area contributed by atoms with Crippen molar-refractivity contribution in [1.29, 1.82) is 0 Å². The third-order valence-electron chi connectivity index (χ3n) is 5.56. The summed E-state index contributed by atoms with van der Waals surface area (Å²) in [7, 11) is 0. The van der Waals surface area contributed by atoms with Gasteiger partial charge in [-0.3, -0.25) is 0 Å². The molecule has 0 radical (unpaired) electrons. The minimum absolute atomic E-state index is 0. The Hall–Kier alpha value is -1.17. The number of anilines is 1. The Morgan fingerprint density at radius 1 is 1.04 bits per heavy atom. The highest BCUT2D eigenvalue weighted by atomic mass is 35.5. The molecule has 3 fully saturated rings. The molecular weight excluding hydrogens is 333 g/mol. The summed E-state index contributed by atoms with van der Waals surface area (Å²) >= 11 is 0. The first-order chi connectivity index (χ1) is 10.3. The maximum absolute atomic E-state index is 4.69. The van der Waals surface area contributed by atoms with E-state index in [-0.39, 0.29) is 24.8 Å². The molecule has 3 saturated heterocycles. The number of nitrogens with zero attached hydrogens (tertiary/aromatic N) is 4. The van der Waals surface area contributed by atoms with Crippen LogP contribution in [0.4, 0.5) is 5.82 Å². The van der Waals surface area contributed by atoms with Gasteiger partial charge in [-0.25, -0.2) is 15.0 Å². The van der Waals surface area contributed by atoms with E-state index < -0.39 is 0 Å². The van der Waals surface area contributed by atoms with E-state index in [0.717, 1.165) is 59.6 Å². The standard InChI is InChI=1S/C16H19N5.2ClH/c1-9-2-3-14-15(19-9)16(18-8-17-14)21-6-10-11(7-21)13-5-4-12(10)20-13;;/h2-3,8,10-13,20H,4-7H2,1H3;2*1H/t10-,11+,12-,13+;;. The Balaban J connectivity index is 0.000000781. The minimum Gasteiger partial charge on any atom is -0.354 e. The number of aromatic nitrogens is 3. The number of halogens is 2. The molecule has 2 aromatic rings. The van der Waals surface area contributed by atoms with E-state index in [0.29, 0.717) is 0 Å². The van der Waals surface area contributed by atoms with E-state index in [4.69, 9.17) is 0 Å². The number of pyridine rings is 1. The predicted octanol–water partition coefficient (Wildman–Crippen LogP) is 2.36. The van der Waals surface area contributed by atoms with Crippen LogP contribution in [0.2, 0.25) is 0 Å². The molecule has 0 amide bonds. The van der Waals surface area contributed by atoms with Gasteiger partial charge in [0.05, 0.1) is 5.52 Å². The molecule has 0 aliphatic carbocycles. The van der Waals surface area contributed by atoms with E-state index in [1.165, 1.54) is 12.8 Å². The van der Waals surface area contributed by atoms with Crippen LogP contribution >= 0.6 is 24.8 Å². The molecule has 124 valence electrons. The Morgan fingerprint density at radius 3 is 2.43 bits per heavy atom. The number of rotatable bonds is 1. The Bertz CT molecular complexity index is 707. The average Bonchev–Trinajstić information content (AvgIpc) is 3.19. The van der Waals surface area contributed by atoms with Crippen LogP contribution in [0.1, 0.15) is 18.5 Å². The van der Waals surface area contributed by atoms with Crippen molar-refractivity contribution in [2.24, 2.45) is 11.8 Å². The summed E-state index contributed by atoms with van der Waals surface area (Å²) in [5.74, 6) is 2.61. The van der Waals surface area contributed by atoms with Gasteiger partial charge in [0.2, 0.25) is 0 Å². The first kappa shape index (κ1) is 16.7. The first-order valence-corrected chi connectivity index (χ1v) is 7.89. The lowest BCUT2D eigenvalue weighted by molar-refractivity contribution is 0.354. The third kappa shape index (κ3) is 2.46. The molecule has 23 heavy (non-hydrogen) atoms. The van der Waals surface area contributed by atoms with Gasteiger partial charge in [0.15, 0.2) is 5.82 Å². The fraction of sp³-hybridized carbons (Fsp3) is 0.562. The summed E-state index contributed by atoms with van der Waals surface area (Å²) in [6.07, 6.45) is 4.37. The van der Waals surface area contributed by atoms with Crippen molar-refractivity contribution >= 4 is 41.7 Å². The lowest BCUT2D eigenvalue weighted by Gasteiger charge is -2.20. The largest absolute Gasteiger partial charge is 0.354 e. The summed E-state index contributed by atoms with van der Waals surface area (Å²) in [5, 5.41) is 3.77. The SMILES string of the molecule is Cc1ccc2ncnc(N3C[C@@H]4[C@H](C3)[C@@H]3CC[C@H]4N3)c2n1.Cl.Cl. The van der Waals surface area contributed by atoms with Crippen LogP contribution in [0.5, 0.6) is 0 Å². The predicted molar refractivity (Wildman–Crippen MR) is 95.7 cm³/mol. The zero-order valence-electron chi connectivity index (χ0n) is 13.0. The van der Waals surface area contributed by atoms with Crippen LogP contribution in [0.3, 0.4) is 0 Å². The average molecular weight is 354 g/mol. The fourth-order valence-corrected chi connectivity index (χ4v) is 4.61. The number of aryl methyl sites for hydroxylation is 1. The molecule has 5 heterocycles. The van der Waals surface area contributed by atoms with Crippen molar-refractivity contribution in [3.63, 3.8) is 0 Å². The van der Waals surface area contributed by atoms with E-state index in [2.05, 4.69) is 25.2 Å². The molecule has 7 heteroatoms. The highest BCUT2D eigenvalue weighted by molar-refractivity contribution is 5.86.